The van der Waals surface area contributed by atoms with Crippen LogP contribution >= 0.6 is 0 Å². The molecule has 6 nitrogen and oxygen atoms in total. The van der Waals surface area contributed by atoms with Crippen LogP contribution in [0.1, 0.15) is 5.56 Å². The van der Waals surface area contributed by atoms with Crippen molar-refractivity contribution in [1.82, 2.24) is 4.90 Å². The molecular weight excluding hydrogens is 232 g/mol. The van der Waals surface area contributed by atoms with E-state index in [1.165, 1.54) is 6.07 Å². The first-order valence-electron chi connectivity index (χ1n) is 5.57. The third-order valence-electron chi connectivity index (χ3n) is 2.91. The van der Waals surface area contributed by atoms with Gasteiger partial charge in [-0.05, 0) is 12.1 Å². The number of nitro groups is 1. The molecule has 2 aliphatic heterocycles. The van der Waals surface area contributed by atoms with E-state index in [2.05, 4.69) is 9.98 Å². The van der Waals surface area contributed by atoms with E-state index < -0.39 is 0 Å². The molecule has 0 radical (unpaired) electrons. The fourth-order valence-electron chi connectivity index (χ4n) is 2.12. The highest BCUT2D eigenvalue weighted by atomic mass is 16.6. The Balaban J connectivity index is 2.10. The predicted molar refractivity (Wildman–Crippen MR) is 68.6 cm³/mol. The number of fused-ring (bicyclic) bond motifs is 1. The van der Waals surface area contributed by atoms with E-state index in [0.717, 1.165) is 5.70 Å². The monoisotopic (exact) mass is 242 g/mol. The maximum Gasteiger partial charge on any atom is 0.278 e. The average molecular weight is 242 g/mol. The summed E-state index contributed by atoms with van der Waals surface area (Å²) in [7, 11) is 0. The van der Waals surface area contributed by atoms with Crippen LogP contribution in [0.3, 0.4) is 0 Å². The van der Waals surface area contributed by atoms with Crippen molar-refractivity contribution in [1.29, 1.82) is 0 Å². The van der Waals surface area contributed by atoms with Gasteiger partial charge in [-0.1, -0.05) is 12.1 Å². The Morgan fingerprint density at radius 2 is 2.17 bits per heavy atom. The van der Waals surface area contributed by atoms with Crippen molar-refractivity contribution in [2.75, 3.05) is 13.1 Å². The molecule has 90 valence electrons. The number of allylic oxidation sites excluding steroid dienone is 1. The fourth-order valence-corrected chi connectivity index (χ4v) is 2.12. The molecule has 3 rings (SSSR count). The van der Waals surface area contributed by atoms with Gasteiger partial charge in [0.05, 0.1) is 22.7 Å². The van der Waals surface area contributed by atoms with Crippen molar-refractivity contribution in [2.24, 2.45) is 9.98 Å². The summed E-state index contributed by atoms with van der Waals surface area (Å²) in [6, 6.07) is 6.72. The number of guanidine groups is 1. The van der Waals surface area contributed by atoms with Gasteiger partial charge >= 0.3 is 0 Å². The maximum atomic E-state index is 11.1. The number of aliphatic imine (C=N–C) groups is 2. The number of hydrogen-bond acceptors (Lipinski definition) is 5. The zero-order chi connectivity index (χ0) is 12.5. The summed E-state index contributed by atoms with van der Waals surface area (Å²) in [6.45, 7) is 1.38. The second-order valence-corrected chi connectivity index (χ2v) is 3.94. The van der Waals surface area contributed by atoms with Gasteiger partial charge < -0.3 is 4.90 Å². The highest BCUT2D eigenvalue weighted by Gasteiger charge is 2.27. The Morgan fingerprint density at radius 3 is 3.00 bits per heavy atom. The van der Waals surface area contributed by atoms with E-state index >= 15 is 0 Å². The summed E-state index contributed by atoms with van der Waals surface area (Å²) >= 11 is 0. The molecule has 6 heteroatoms. The molecular formula is C12H10N4O2. The topological polar surface area (TPSA) is 71.1 Å². The van der Waals surface area contributed by atoms with Gasteiger partial charge in [0.25, 0.3) is 5.69 Å². The zero-order valence-corrected chi connectivity index (χ0v) is 9.48. The lowest BCUT2D eigenvalue weighted by atomic mass is 10.1. The molecule has 0 aromatic heterocycles. The van der Waals surface area contributed by atoms with Gasteiger partial charge in [0.2, 0.25) is 5.96 Å². The van der Waals surface area contributed by atoms with Crippen molar-refractivity contribution in [3.63, 3.8) is 0 Å². The van der Waals surface area contributed by atoms with Crippen LogP contribution in [-0.4, -0.2) is 35.1 Å². The highest BCUT2D eigenvalue weighted by molar-refractivity contribution is 6.04. The lowest BCUT2D eigenvalue weighted by molar-refractivity contribution is -0.385. The van der Waals surface area contributed by atoms with Gasteiger partial charge in [-0.25, -0.2) is 9.98 Å². The molecule has 0 saturated heterocycles. The molecule has 0 saturated carbocycles. The number of benzene rings is 1. The Kier molecular flexibility index (Phi) is 2.40. The van der Waals surface area contributed by atoms with Gasteiger partial charge in [0.15, 0.2) is 0 Å². The van der Waals surface area contributed by atoms with Gasteiger partial charge in [-0.3, -0.25) is 10.1 Å². The summed E-state index contributed by atoms with van der Waals surface area (Å²) < 4.78 is 0. The third kappa shape index (κ3) is 1.58. The smallest absolute Gasteiger partial charge is 0.278 e. The predicted octanol–water partition coefficient (Wildman–Crippen LogP) is 1.69. The minimum atomic E-state index is -0.366. The standard InChI is InChI=1S/C12H10N4O2/c17-16(18)11-4-2-1-3-9(11)10-5-6-13-12-14-7-8-15(10)12/h1-6H,7-8H2. The van der Waals surface area contributed by atoms with E-state index in [9.17, 15) is 10.1 Å². The van der Waals surface area contributed by atoms with Crippen LogP contribution in [0.2, 0.25) is 0 Å². The van der Waals surface area contributed by atoms with Crippen LogP contribution in [-0.2, 0) is 0 Å². The molecule has 1 aromatic rings. The summed E-state index contributed by atoms with van der Waals surface area (Å²) in [5.41, 5.74) is 1.49. The first-order chi connectivity index (χ1) is 8.77. The molecule has 0 atom stereocenters. The number of nitrogens with zero attached hydrogens (tertiary/aromatic N) is 4. The SMILES string of the molecule is O=[N+]([O-])c1ccccc1C1=CC=NC2=NCCN12. The number of nitro benzene ring substituents is 1. The van der Waals surface area contributed by atoms with Crippen LogP contribution < -0.4 is 0 Å². The number of para-hydroxylation sites is 1. The van der Waals surface area contributed by atoms with E-state index in [1.54, 1.807) is 30.5 Å². The van der Waals surface area contributed by atoms with Gasteiger partial charge in [-0.2, -0.15) is 0 Å². The van der Waals surface area contributed by atoms with Crippen LogP contribution in [0, 0.1) is 10.1 Å². The van der Waals surface area contributed by atoms with Crippen LogP contribution in [0.25, 0.3) is 5.70 Å². The van der Waals surface area contributed by atoms with Crippen molar-refractivity contribution in [2.45, 2.75) is 0 Å². The van der Waals surface area contributed by atoms with Crippen LogP contribution in [0.4, 0.5) is 5.69 Å². The molecule has 1 aromatic carbocycles. The molecule has 0 N–H and O–H groups in total. The maximum absolute atomic E-state index is 11.1. The Hall–Kier alpha value is -2.50. The third-order valence-corrected chi connectivity index (χ3v) is 2.91. The van der Waals surface area contributed by atoms with E-state index in [0.29, 0.717) is 24.6 Å². The zero-order valence-electron chi connectivity index (χ0n) is 9.48. The minimum Gasteiger partial charge on any atom is -0.308 e. The second kappa shape index (κ2) is 4.06. The number of rotatable bonds is 2. The normalized spacial score (nSPS) is 17.2. The number of hydrogen-bond donors (Lipinski definition) is 0. The first kappa shape index (κ1) is 10.6. The lowest BCUT2D eigenvalue weighted by Crippen LogP contribution is -2.27. The molecule has 0 amide bonds. The van der Waals surface area contributed by atoms with Crippen molar-refractivity contribution in [3.05, 3.63) is 46.0 Å². The quantitative estimate of drug-likeness (QED) is 0.585. The molecule has 0 unspecified atom stereocenters. The summed E-state index contributed by atoms with van der Waals surface area (Å²) in [5.74, 6) is 0.630. The summed E-state index contributed by atoms with van der Waals surface area (Å²) in [5, 5.41) is 11.1. The Bertz CT molecular complexity index is 604. The molecule has 0 fully saturated rings. The lowest BCUT2D eigenvalue weighted by Gasteiger charge is -2.23. The van der Waals surface area contributed by atoms with Crippen molar-refractivity contribution < 1.29 is 4.92 Å². The molecule has 0 aliphatic carbocycles. The van der Waals surface area contributed by atoms with Crippen molar-refractivity contribution >= 4 is 23.6 Å². The van der Waals surface area contributed by atoms with Crippen LogP contribution in [0.15, 0.2) is 40.3 Å². The molecule has 0 spiro atoms. The molecule has 0 bridgehead atoms. The summed E-state index contributed by atoms with van der Waals surface area (Å²) in [4.78, 5) is 21.0. The fraction of sp³-hybridized carbons (Fsp3) is 0.167. The van der Waals surface area contributed by atoms with E-state index in [1.807, 2.05) is 4.90 Å². The first-order valence-corrected chi connectivity index (χ1v) is 5.57. The van der Waals surface area contributed by atoms with Crippen LogP contribution in [0.5, 0.6) is 0 Å². The second-order valence-electron chi connectivity index (χ2n) is 3.94. The van der Waals surface area contributed by atoms with E-state index in [-0.39, 0.29) is 10.6 Å². The minimum absolute atomic E-state index is 0.102. The van der Waals surface area contributed by atoms with Gasteiger partial charge in [0, 0.05) is 18.8 Å². The van der Waals surface area contributed by atoms with E-state index in [4.69, 9.17) is 0 Å². The molecule has 2 heterocycles. The largest absolute Gasteiger partial charge is 0.308 e. The highest BCUT2D eigenvalue weighted by Crippen LogP contribution is 2.30. The Labute approximate surface area is 103 Å². The Morgan fingerprint density at radius 1 is 1.33 bits per heavy atom. The average Bonchev–Trinajstić information content (AvgIpc) is 2.86. The van der Waals surface area contributed by atoms with Gasteiger partial charge in [0.1, 0.15) is 0 Å². The molecule has 2 aliphatic rings. The molecule has 18 heavy (non-hydrogen) atoms. The summed E-state index contributed by atoms with van der Waals surface area (Å²) in [6.07, 6.45) is 3.42. The van der Waals surface area contributed by atoms with Crippen molar-refractivity contribution in [3.8, 4) is 0 Å². The van der Waals surface area contributed by atoms with Gasteiger partial charge in [-0.15, -0.1) is 0 Å².